The number of nitrogens with two attached hydrogens (primary N) is 1. The SMILES string of the molecule is CNC(=O)/C=C/c1ccc(-n2nc(C(N)=O)c3c2-c2cc(NC(=O)c4cccnc4Cl)ccc2CC3)cc1. The monoisotopic (exact) mass is 526 g/mol. The molecule has 38 heavy (non-hydrogen) atoms. The van der Waals surface area contributed by atoms with Crippen LogP contribution in [-0.2, 0) is 17.6 Å². The van der Waals surface area contributed by atoms with Crippen molar-refractivity contribution < 1.29 is 14.4 Å². The van der Waals surface area contributed by atoms with E-state index in [0.717, 1.165) is 33.6 Å². The number of primary amides is 1. The summed E-state index contributed by atoms with van der Waals surface area (Å²) in [6.07, 6.45) is 5.96. The van der Waals surface area contributed by atoms with E-state index in [0.29, 0.717) is 18.5 Å². The molecule has 3 amide bonds. The van der Waals surface area contributed by atoms with Crippen LogP contribution >= 0.6 is 11.6 Å². The Morgan fingerprint density at radius 1 is 1.08 bits per heavy atom. The Kier molecular flexibility index (Phi) is 6.76. The molecule has 0 bridgehead atoms. The lowest BCUT2D eigenvalue weighted by Gasteiger charge is -2.20. The summed E-state index contributed by atoms with van der Waals surface area (Å²) in [6, 6.07) is 16.3. The molecule has 0 unspecified atom stereocenters. The van der Waals surface area contributed by atoms with E-state index < -0.39 is 5.91 Å². The number of rotatable bonds is 6. The first-order valence-corrected chi connectivity index (χ1v) is 12.2. The van der Waals surface area contributed by atoms with Crippen LogP contribution in [-0.4, -0.2) is 39.5 Å². The third-order valence-electron chi connectivity index (χ3n) is 6.30. The average molecular weight is 527 g/mol. The van der Waals surface area contributed by atoms with Gasteiger partial charge in [0.1, 0.15) is 5.15 Å². The lowest BCUT2D eigenvalue weighted by molar-refractivity contribution is -0.115. The van der Waals surface area contributed by atoms with Crippen LogP contribution in [0, 0.1) is 0 Å². The van der Waals surface area contributed by atoms with Gasteiger partial charge in [0.25, 0.3) is 11.8 Å². The molecule has 0 aliphatic heterocycles. The summed E-state index contributed by atoms with van der Waals surface area (Å²) in [5.74, 6) is -1.19. The van der Waals surface area contributed by atoms with E-state index in [1.54, 1.807) is 29.9 Å². The van der Waals surface area contributed by atoms with E-state index in [1.165, 1.54) is 12.3 Å². The second-order valence-electron chi connectivity index (χ2n) is 8.66. The molecular weight excluding hydrogens is 504 g/mol. The Bertz CT molecular complexity index is 1610. The van der Waals surface area contributed by atoms with Gasteiger partial charge in [-0.2, -0.15) is 5.10 Å². The maximum Gasteiger partial charge on any atom is 0.269 e. The minimum Gasteiger partial charge on any atom is -0.364 e. The van der Waals surface area contributed by atoms with Crippen molar-refractivity contribution in [2.45, 2.75) is 12.8 Å². The third kappa shape index (κ3) is 4.79. The predicted octanol–water partition coefficient (Wildman–Crippen LogP) is 3.80. The fourth-order valence-electron chi connectivity index (χ4n) is 4.44. The van der Waals surface area contributed by atoms with Crippen molar-refractivity contribution in [1.82, 2.24) is 20.1 Å². The number of hydrogen-bond donors (Lipinski definition) is 3. The highest BCUT2D eigenvalue weighted by Gasteiger charge is 2.28. The van der Waals surface area contributed by atoms with Gasteiger partial charge in [-0.15, -0.1) is 0 Å². The Morgan fingerprint density at radius 3 is 2.58 bits per heavy atom. The normalized spacial score (nSPS) is 12.1. The second-order valence-corrected chi connectivity index (χ2v) is 9.02. The molecular formula is C28H23ClN6O3. The van der Waals surface area contributed by atoms with E-state index >= 15 is 0 Å². The Morgan fingerprint density at radius 2 is 1.87 bits per heavy atom. The van der Waals surface area contributed by atoms with E-state index in [-0.39, 0.29) is 28.2 Å². The van der Waals surface area contributed by atoms with Crippen molar-refractivity contribution >= 4 is 41.1 Å². The first-order valence-electron chi connectivity index (χ1n) is 11.8. The standard InChI is InChI=1S/C28H23ClN6O3/c1-31-23(36)13-6-16-4-10-19(11-5-16)35-25-20(24(34-35)27(30)37)12-8-17-7-9-18(15-22(17)25)33-28(38)21-3-2-14-32-26(21)29/h2-7,9-11,13-15H,8,12H2,1H3,(H2,30,37)(H,31,36)(H,33,38)/b13-6+. The molecule has 2 heterocycles. The molecule has 9 nitrogen and oxygen atoms in total. The molecule has 0 fully saturated rings. The molecule has 4 N–H and O–H groups in total. The molecule has 1 aliphatic rings. The highest BCUT2D eigenvalue weighted by Crippen LogP contribution is 2.38. The fourth-order valence-corrected chi connectivity index (χ4v) is 4.64. The number of anilines is 1. The fraction of sp³-hybridized carbons (Fsp3) is 0.107. The number of pyridine rings is 1. The van der Waals surface area contributed by atoms with Crippen LogP contribution in [0.25, 0.3) is 23.0 Å². The predicted molar refractivity (Wildman–Crippen MR) is 145 cm³/mol. The summed E-state index contributed by atoms with van der Waals surface area (Å²) in [7, 11) is 1.57. The van der Waals surface area contributed by atoms with E-state index in [1.807, 2.05) is 42.5 Å². The summed E-state index contributed by atoms with van der Waals surface area (Å²) in [6.45, 7) is 0. The van der Waals surface area contributed by atoms with Crippen molar-refractivity contribution in [3.8, 4) is 16.9 Å². The van der Waals surface area contributed by atoms with Gasteiger partial charge in [0, 0.05) is 36.1 Å². The minimum atomic E-state index is -0.607. The van der Waals surface area contributed by atoms with Crippen molar-refractivity contribution in [1.29, 1.82) is 0 Å². The molecule has 10 heteroatoms. The van der Waals surface area contributed by atoms with Gasteiger partial charge in [-0.1, -0.05) is 29.8 Å². The second kappa shape index (κ2) is 10.3. The molecule has 4 aromatic rings. The number of likely N-dealkylation sites (N-methyl/N-ethyl adjacent to an activating group) is 1. The number of nitrogens with zero attached hydrogens (tertiary/aromatic N) is 3. The third-order valence-corrected chi connectivity index (χ3v) is 6.60. The molecule has 0 atom stereocenters. The van der Waals surface area contributed by atoms with Crippen LogP contribution in [0.1, 0.15) is 37.5 Å². The number of fused-ring (bicyclic) bond motifs is 3. The number of hydrogen-bond acceptors (Lipinski definition) is 5. The number of carbonyl (C=O) groups excluding carboxylic acids is 3. The molecule has 2 aromatic carbocycles. The number of amides is 3. The Labute approximate surface area is 223 Å². The van der Waals surface area contributed by atoms with E-state index in [4.69, 9.17) is 17.3 Å². The number of nitrogens with one attached hydrogen (secondary N) is 2. The molecule has 190 valence electrons. The maximum atomic E-state index is 12.8. The number of carbonyl (C=O) groups is 3. The maximum absolute atomic E-state index is 12.8. The molecule has 5 rings (SSSR count). The molecule has 1 aliphatic carbocycles. The van der Waals surface area contributed by atoms with Crippen molar-refractivity contribution in [2.75, 3.05) is 12.4 Å². The quantitative estimate of drug-likeness (QED) is 0.260. The smallest absolute Gasteiger partial charge is 0.269 e. The van der Waals surface area contributed by atoms with Crippen LogP contribution < -0.4 is 16.4 Å². The van der Waals surface area contributed by atoms with Gasteiger partial charge >= 0.3 is 0 Å². The van der Waals surface area contributed by atoms with Crippen LogP contribution in [0.5, 0.6) is 0 Å². The summed E-state index contributed by atoms with van der Waals surface area (Å²) in [5.41, 5.74) is 11.7. The highest BCUT2D eigenvalue weighted by atomic mass is 35.5. The molecule has 0 spiro atoms. The summed E-state index contributed by atoms with van der Waals surface area (Å²) < 4.78 is 1.70. The average Bonchev–Trinajstić information content (AvgIpc) is 3.33. The number of aromatic nitrogens is 3. The van der Waals surface area contributed by atoms with Crippen molar-refractivity contribution in [3.63, 3.8) is 0 Å². The molecule has 2 aromatic heterocycles. The van der Waals surface area contributed by atoms with Crippen molar-refractivity contribution in [3.05, 3.63) is 100.0 Å². The highest BCUT2D eigenvalue weighted by molar-refractivity contribution is 6.33. The molecule has 0 radical (unpaired) electrons. The first-order chi connectivity index (χ1) is 18.4. The zero-order valence-electron chi connectivity index (χ0n) is 20.4. The first kappa shape index (κ1) is 24.9. The van der Waals surface area contributed by atoms with Crippen molar-refractivity contribution in [2.24, 2.45) is 5.73 Å². The summed E-state index contributed by atoms with van der Waals surface area (Å²) in [5, 5.41) is 10.1. The van der Waals surface area contributed by atoms with Gasteiger partial charge in [0.05, 0.1) is 16.9 Å². The van der Waals surface area contributed by atoms with Gasteiger partial charge in [0.2, 0.25) is 5.91 Å². The van der Waals surface area contributed by atoms with Gasteiger partial charge in [-0.25, -0.2) is 9.67 Å². The number of halogens is 1. The largest absolute Gasteiger partial charge is 0.364 e. The van der Waals surface area contributed by atoms with Gasteiger partial charge in [-0.05, 0) is 66.4 Å². The van der Waals surface area contributed by atoms with E-state index in [9.17, 15) is 14.4 Å². The molecule has 0 saturated carbocycles. The summed E-state index contributed by atoms with van der Waals surface area (Å²) >= 11 is 6.09. The van der Waals surface area contributed by atoms with Crippen LogP contribution in [0.15, 0.2) is 66.9 Å². The van der Waals surface area contributed by atoms with E-state index in [2.05, 4.69) is 20.7 Å². The Balaban J connectivity index is 1.55. The lowest BCUT2D eigenvalue weighted by Crippen LogP contribution is -2.16. The van der Waals surface area contributed by atoms with Gasteiger partial charge in [-0.3, -0.25) is 14.4 Å². The summed E-state index contributed by atoms with van der Waals surface area (Å²) in [4.78, 5) is 40.6. The number of aryl methyl sites for hydroxylation is 1. The zero-order valence-corrected chi connectivity index (χ0v) is 21.1. The lowest BCUT2D eigenvalue weighted by atomic mass is 9.88. The van der Waals surface area contributed by atoms with Crippen LogP contribution in [0.4, 0.5) is 5.69 Å². The van der Waals surface area contributed by atoms with Crippen LogP contribution in [0.3, 0.4) is 0 Å². The topological polar surface area (TPSA) is 132 Å². The van der Waals surface area contributed by atoms with Gasteiger partial charge < -0.3 is 16.4 Å². The zero-order chi connectivity index (χ0) is 26.8. The Hall–Kier alpha value is -4.76. The van der Waals surface area contributed by atoms with Gasteiger partial charge in [0.15, 0.2) is 5.69 Å². The molecule has 0 saturated heterocycles. The number of benzene rings is 2. The van der Waals surface area contributed by atoms with Crippen LogP contribution in [0.2, 0.25) is 5.15 Å². The minimum absolute atomic E-state index is 0.114.